The fraction of sp³-hybridized carbons (Fsp3) is 0.452. The number of likely N-dealkylation sites (tertiary alicyclic amines) is 2. The van der Waals surface area contributed by atoms with Crippen LogP contribution in [-0.2, 0) is 32.9 Å². The Morgan fingerprint density at radius 1 is 1.02 bits per heavy atom. The molecule has 0 aliphatic carbocycles. The summed E-state index contributed by atoms with van der Waals surface area (Å²) >= 11 is 0. The van der Waals surface area contributed by atoms with Crippen molar-refractivity contribution in [3.63, 3.8) is 0 Å². The highest BCUT2D eigenvalue weighted by Gasteiger charge is 2.62. The first-order chi connectivity index (χ1) is 20.0. The second-order valence-corrected chi connectivity index (χ2v) is 11.6. The van der Waals surface area contributed by atoms with Gasteiger partial charge in [-0.05, 0) is 48.6 Å². The number of carbonyl (C=O) groups excluding carboxylic acids is 3. The molecule has 2 atom stereocenters. The number of fused-ring (bicyclic) bond motifs is 8. The van der Waals surface area contributed by atoms with Gasteiger partial charge in [0.1, 0.15) is 16.9 Å². The molecule has 4 aliphatic heterocycles. The van der Waals surface area contributed by atoms with Crippen molar-refractivity contribution in [1.82, 2.24) is 24.8 Å². The molecule has 1 spiro atoms. The molecule has 7 rings (SSSR count). The van der Waals surface area contributed by atoms with Crippen molar-refractivity contribution in [2.45, 2.75) is 57.2 Å². The molecule has 0 saturated carbocycles. The van der Waals surface area contributed by atoms with Crippen LogP contribution < -0.4 is 9.64 Å². The maximum absolute atomic E-state index is 14.7. The Morgan fingerprint density at radius 3 is 2.68 bits per heavy atom. The first-order valence-electron chi connectivity index (χ1n) is 14.5. The van der Waals surface area contributed by atoms with Crippen LogP contribution in [0, 0.1) is 5.92 Å². The van der Waals surface area contributed by atoms with Crippen molar-refractivity contribution in [2.24, 2.45) is 5.92 Å². The van der Waals surface area contributed by atoms with E-state index in [1.165, 1.54) is 0 Å². The maximum Gasteiger partial charge on any atom is 0.240 e. The monoisotopic (exact) mass is 554 g/mol. The van der Waals surface area contributed by atoms with E-state index in [-0.39, 0.29) is 23.6 Å². The van der Waals surface area contributed by atoms with E-state index in [9.17, 15) is 14.4 Å². The van der Waals surface area contributed by atoms with Gasteiger partial charge in [0.2, 0.25) is 17.7 Å². The average molecular weight is 555 g/mol. The second-order valence-electron chi connectivity index (χ2n) is 11.6. The largest absolute Gasteiger partial charge is 0.494 e. The van der Waals surface area contributed by atoms with Gasteiger partial charge in [-0.15, -0.1) is 5.10 Å². The highest BCUT2D eigenvalue weighted by molar-refractivity contribution is 6.09. The summed E-state index contributed by atoms with van der Waals surface area (Å²) in [4.78, 5) is 46.5. The molecule has 0 radical (unpaired) electrons. The molecular formula is C31H34N6O4. The van der Waals surface area contributed by atoms with Gasteiger partial charge in [0, 0.05) is 51.1 Å². The lowest BCUT2D eigenvalue weighted by molar-refractivity contribution is -0.141. The smallest absolute Gasteiger partial charge is 0.240 e. The Hall–Kier alpha value is -4.21. The summed E-state index contributed by atoms with van der Waals surface area (Å²) in [6, 6.07) is 15.4. The number of hydrogen-bond donors (Lipinski definition) is 0. The minimum atomic E-state index is -0.929. The molecule has 212 valence electrons. The van der Waals surface area contributed by atoms with E-state index in [0.29, 0.717) is 58.6 Å². The Labute approximate surface area is 238 Å². The quantitative estimate of drug-likeness (QED) is 0.458. The third-order valence-electron chi connectivity index (χ3n) is 9.28. The molecule has 0 unspecified atom stereocenters. The number of nitrogens with zero attached hydrogens (tertiary/aromatic N) is 6. The first-order valence-corrected chi connectivity index (χ1v) is 14.5. The molecule has 0 N–H and O–H groups in total. The van der Waals surface area contributed by atoms with Gasteiger partial charge in [0.15, 0.2) is 0 Å². The summed E-state index contributed by atoms with van der Waals surface area (Å²) in [5.41, 5.74) is 2.50. The van der Waals surface area contributed by atoms with Gasteiger partial charge < -0.3 is 19.4 Å². The van der Waals surface area contributed by atoms with Gasteiger partial charge in [-0.25, -0.2) is 0 Å². The van der Waals surface area contributed by atoms with Crippen LogP contribution in [0.3, 0.4) is 0 Å². The molecule has 41 heavy (non-hydrogen) atoms. The van der Waals surface area contributed by atoms with Gasteiger partial charge in [-0.1, -0.05) is 35.5 Å². The van der Waals surface area contributed by atoms with Crippen LogP contribution in [0.2, 0.25) is 0 Å². The highest BCUT2D eigenvalue weighted by atomic mass is 16.5. The number of rotatable bonds is 1. The molecule has 3 aromatic rings. The molecule has 5 heterocycles. The zero-order chi connectivity index (χ0) is 28.1. The fourth-order valence-corrected chi connectivity index (χ4v) is 7.29. The van der Waals surface area contributed by atoms with E-state index in [1.807, 2.05) is 69.4 Å². The van der Waals surface area contributed by atoms with Crippen molar-refractivity contribution in [3.05, 3.63) is 71.5 Å². The van der Waals surface area contributed by atoms with E-state index in [4.69, 9.17) is 4.74 Å². The summed E-state index contributed by atoms with van der Waals surface area (Å²) in [5, 5.41) is 8.64. The molecule has 10 nitrogen and oxygen atoms in total. The minimum Gasteiger partial charge on any atom is -0.494 e. The fourth-order valence-electron chi connectivity index (χ4n) is 7.29. The third-order valence-corrected chi connectivity index (χ3v) is 9.28. The number of aryl methyl sites for hydroxylation is 1. The number of anilines is 1. The lowest BCUT2D eigenvalue weighted by Gasteiger charge is -2.38. The van der Waals surface area contributed by atoms with E-state index in [2.05, 4.69) is 10.3 Å². The maximum atomic E-state index is 14.7. The van der Waals surface area contributed by atoms with Crippen LogP contribution in [0.25, 0.3) is 0 Å². The Balaban J connectivity index is 1.33. The normalized spacial score (nSPS) is 24.3. The molecule has 1 aromatic heterocycles. The third kappa shape index (κ3) is 4.19. The molecule has 2 saturated heterocycles. The zero-order valence-electron chi connectivity index (χ0n) is 23.2. The van der Waals surface area contributed by atoms with Crippen LogP contribution in [-0.4, -0.2) is 68.8 Å². The number of carbonyl (C=O) groups is 3. The number of aromatic nitrogens is 3. The Bertz CT molecular complexity index is 1510. The number of hydrogen-bond acceptors (Lipinski definition) is 6. The Kier molecular flexibility index (Phi) is 6.28. The Morgan fingerprint density at radius 2 is 1.85 bits per heavy atom. The lowest BCUT2D eigenvalue weighted by Crippen LogP contribution is -2.48. The van der Waals surface area contributed by atoms with Crippen molar-refractivity contribution in [2.75, 3.05) is 31.1 Å². The van der Waals surface area contributed by atoms with Gasteiger partial charge in [-0.2, -0.15) is 0 Å². The van der Waals surface area contributed by atoms with Gasteiger partial charge in [-0.3, -0.25) is 19.1 Å². The van der Waals surface area contributed by atoms with Crippen molar-refractivity contribution < 1.29 is 19.1 Å². The summed E-state index contributed by atoms with van der Waals surface area (Å²) in [6.07, 6.45) is 4.44. The number of piperidine rings is 1. The SMILES string of the molecule is CC(=O)N1CCC(C(=O)N2CC[C@@]34C(=O)N(Cc5cn(nn5)CCCOc5cccc(c5)[C@H]23)c2ccccc24)CC1. The van der Waals surface area contributed by atoms with Crippen LogP contribution >= 0.6 is 0 Å². The topological polar surface area (TPSA) is 101 Å². The average Bonchev–Trinajstić information content (AvgIpc) is 3.68. The number of para-hydroxylation sites is 1. The van der Waals surface area contributed by atoms with Gasteiger partial charge >= 0.3 is 0 Å². The number of amides is 3. The first kappa shape index (κ1) is 25.7. The predicted molar refractivity (Wildman–Crippen MR) is 150 cm³/mol. The van der Waals surface area contributed by atoms with Crippen molar-refractivity contribution in [3.8, 4) is 5.75 Å². The van der Waals surface area contributed by atoms with Crippen LogP contribution in [0.5, 0.6) is 5.75 Å². The summed E-state index contributed by atoms with van der Waals surface area (Å²) in [6.45, 7) is 4.70. The number of ether oxygens (including phenoxy) is 1. The summed E-state index contributed by atoms with van der Waals surface area (Å²) in [5.74, 6) is 0.626. The molecule has 2 fully saturated rings. The lowest BCUT2D eigenvalue weighted by atomic mass is 9.72. The number of benzene rings is 2. The van der Waals surface area contributed by atoms with Crippen LogP contribution in [0.15, 0.2) is 54.7 Å². The molecule has 10 heteroatoms. The summed E-state index contributed by atoms with van der Waals surface area (Å²) in [7, 11) is 0. The zero-order valence-corrected chi connectivity index (χ0v) is 23.2. The van der Waals surface area contributed by atoms with E-state index in [0.717, 1.165) is 34.7 Å². The van der Waals surface area contributed by atoms with E-state index in [1.54, 1.807) is 11.6 Å². The van der Waals surface area contributed by atoms with Gasteiger partial charge in [0.05, 0.1) is 25.4 Å². The molecule has 4 aliphatic rings. The van der Waals surface area contributed by atoms with Crippen LogP contribution in [0.1, 0.15) is 55.5 Å². The second kappa shape index (κ2) is 10.0. The summed E-state index contributed by atoms with van der Waals surface area (Å²) < 4.78 is 7.94. The van der Waals surface area contributed by atoms with Crippen molar-refractivity contribution >= 4 is 23.4 Å². The standard InChI is InChI=1S/C31H34N6O4/c1-21(38)34-14-10-22(11-15-34)29(39)36-16-12-31-26-8-2-3-9-27(26)37(30(31)40)20-24-19-35(33-32-24)13-5-17-41-25-7-4-6-23(18-25)28(31)36/h2-4,6-9,18-19,22,28H,5,10-17,20H2,1H3/t28-,31-/m0/s1. The molecule has 3 amide bonds. The van der Waals surface area contributed by atoms with E-state index < -0.39 is 11.5 Å². The molecule has 2 aromatic carbocycles. The molecule has 6 bridgehead atoms. The van der Waals surface area contributed by atoms with Gasteiger partial charge in [0.25, 0.3) is 0 Å². The minimum absolute atomic E-state index is 0.0128. The highest BCUT2D eigenvalue weighted by Crippen LogP contribution is 2.57. The van der Waals surface area contributed by atoms with Crippen LogP contribution in [0.4, 0.5) is 5.69 Å². The molecular weight excluding hydrogens is 520 g/mol. The van der Waals surface area contributed by atoms with E-state index >= 15 is 0 Å². The van der Waals surface area contributed by atoms with Crippen molar-refractivity contribution in [1.29, 1.82) is 0 Å². The predicted octanol–water partition coefficient (Wildman–Crippen LogP) is 3.08.